The van der Waals surface area contributed by atoms with E-state index in [0.29, 0.717) is 26.0 Å². The number of non-ortho nitro benzene ring substituents is 1. The molecule has 0 aliphatic rings. The van der Waals surface area contributed by atoms with Crippen molar-refractivity contribution in [3.8, 4) is 10.6 Å². The van der Waals surface area contributed by atoms with Gasteiger partial charge in [0, 0.05) is 23.3 Å². The topological polar surface area (TPSA) is 111 Å². The van der Waals surface area contributed by atoms with Gasteiger partial charge in [0.15, 0.2) is 0 Å². The van der Waals surface area contributed by atoms with E-state index in [2.05, 4.69) is 10.3 Å². The molecule has 0 saturated carbocycles. The average Bonchev–Trinajstić information content (AvgIpc) is 3.34. The number of anilines is 1. The minimum absolute atomic E-state index is 0.137. The van der Waals surface area contributed by atoms with Crippen LogP contribution < -0.4 is 5.32 Å². The Labute approximate surface area is 190 Å². The molecule has 0 aliphatic carbocycles. The van der Waals surface area contributed by atoms with E-state index in [4.69, 9.17) is 4.74 Å². The zero-order chi connectivity index (χ0) is 22.8. The summed E-state index contributed by atoms with van der Waals surface area (Å²) in [4.78, 5) is 40.9. The molecule has 4 rings (SSSR count). The van der Waals surface area contributed by atoms with Crippen molar-refractivity contribution in [3.05, 3.63) is 74.6 Å². The molecular weight excluding hydrogens is 450 g/mol. The van der Waals surface area contributed by atoms with Gasteiger partial charge in [-0.3, -0.25) is 14.9 Å². The number of amides is 1. The Kier molecular flexibility index (Phi) is 5.97. The fourth-order valence-corrected chi connectivity index (χ4v) is 5.40. The van der Waals surface area contributed by atoms with Gasteiger partial charge < -0.3 is 10.1 Å². The maximum Gasteiger partial charge on any atom is 0.348 e. The van der Waals surface area contributed by atoms with E-state index < -0.39 is 16.8 Å². The lowest BCUT2D eigenvalue weighted by Crippen LogP contribution is -2.11. The van der Waals surface area contributed by atoms with Crippen LogP contribution in [0.15, 0.2) is 48.5 Å². The van der Waals surface area contributed by atoms with E-state index >= 15 is 0 Å². The summed E-state index contributed by atoms with van der Waals surface area (Å²) in [5.74, 6) is -0.999. The summed E-state index contributed by atoms with van der Waals surface area (Å²) in [6.45, 7) is 3.73. The number of carbonyl (C=O) groups is 2. The molecule has 0 saturated heterocycles. The van der Waals surface area contributed by atoms with Gasteiger partial charge in [0.2, 0.25) is 0 Å². The summed E-state index contributed by atoms with van der Waals surface area (Å²) in [5.41, 5.74) is 2.06. The van der Waals surface area contributed by atoms with Crippen molar-refractivity contribution in [2.24, 2.45) is 0 Å². The van der Waals surface area contributed by atoms with Crippen LogP contribution in [0.5, 0.6) is 0 Å². The fraction of sp³-hybridized carbons (Fsp3) is 0.136. The van der Waals surface area contributed by atoms with E-state index in [1.54, 1.807) is 13.8 Å². The number of aromatic nitrogens is 1. The molecular formula is C22H17N3O5S2. The number of thiophene rings is 1. The Balaban J connectivity index is 1.79. The molecule has 2 aromatic carbocycles. The van der Waals surface area contributed by atoms with Gasteiger partial charge in [-0.05, 0) is 37.6 Å². The van der Waals surface area contributed by atoms with Gasteiger partial charge in [-0.15, -0.1) is 22.7 Å². The second kappa shape index (κ2) is 8.85. The summed E-state index contributed by atoms with van der Waals surface area (Å²) in [7, 11) is 0. The van der Waals surface area contributed by atoms with Gasteiger partial charge >= 0.3 is 5.97 Å². The molecule has 32 heavy (non-hydrogen) atoms. The Morgan fingerprint density at radius 3 is 2.66 bits per heavy atom. The van der Waals surface area contributed by atoms with Gasteiger partial charge in [0.25, 0.3) is 11.6 Å². The Morgan fingerprint density at radius 1 is 1.16 bits per heavy atom. The number of hydrogen-bond donors (Lipinski definition) is 1. The maximum atomic E-state index is 12.9. The average molecular weight is 468 g/mol. The number of nitrogens with one attached hydrogen (secondary N) is 1. The zero-order valence-corrected chi connectivity index (χ0v) is 18.7. The Hall–Kier alpha value is -3.63. The third-order valence-electron chi connectivity index (χ3n) is 4.66. The van der Waals surface area contributed by atoms with Crippen molar-refractivity contribution in [2.45, 2.75) is 13.8 Å². The van der Waals surface area contributed by atoms with Crippen LogP contribution >= 0.6 is 22.7 Å². The van der Waals surface area contributed by atoms with Crippen molar-refractivity contribution >= 4 is 55.5 Å². The monoisotopic (exact) mass is 467 g/mol. The number of rotatable bonds is 6. The van der Waals surface area contributed by atoms with Gasteiger partial charge in [0.05, 0.1) is 21.7 Å². The minimum atomic E-state index is -0.558. The highest BCUT2D eigenvalue weighted by atomic mass is 32.1. The summed E-state index contributed by atoms with van der Waals surface area (Å²) in [5, 5.41) is 15.0. The summed E-state index contributed by atoms with van der Waals surface area (Å²) in [6.07, 6.45) is 0. The largest absolute Gasteiger partial charge is 0.462 e. The number of thiazole rings is 1. The van der Waals surface area contributed by atoms with Gasteiger partial charge in [-0.1, -0.05) is 18.2 Å². The number of carbonyl (C=O) groups excluding carboxylic acids is 2. The number of nitro benzene ring substituents is 1. The fourth-order valence-electron chi connectivity index (χ4n) is 3.17. The first-order chi connectivity index (χ1) is 15.4. The van der Waals surface area contributed by atoms with E-state index in [1.807, 2.05) is 24.3 Å². The lowest BCUT2D eigenvalue weighted by Gasteiger charge is -2.06. The van der Waals surface area contributed by atoms with Crippen molar-refractivity contribution < 1.29 is 19.2 Å². The zero-order valence-electron chi connectivity index (χ0n) is 17.1. The quantitative estimate of drug-likeness (QED) is 0.222. The van der Waals surface area contributed by atoms with Crippen LogP contribution in [-0.4, -0.2) is 28.4 Å². The molecule has 1 N–H and O–H groups in total. The van der Waals surface area contributed by atoms with Gasteiger partial charge in [-0.2, -0.15) is 0 Å². The molecule has 2 aromatic heterocycles. The molecule has 0 aliphatic heterocycles. The number of fused-ring (bicyclic) bond motifs is 1. The van der Waals surface area contributed by atoms with Crippen LogP contribution in [0.25, 0.3) is 20.8 Å². The van der Waals surface area contributed by atoms with Crippen molar-refractivity contribution in [3.63, 3.8) is 0 Å². The molecule has 8 nitrogen and oxygen atoms in total. The summed E-state index contributed by atoms with van der Waals surface area (Å²) >= 11 is 2.55. The molecule has 0 unspecified atom stereocenters. The second-order valence-corrected chi connectivity index (χ2v) is 8.78. The highest BCUT2D eigenvalue weighted by molar-refractivity contribution is 7.23. The molecule has 10 heteroatoms. The molecule has 162 valence electrons. The summed E-state index contributed by atoms with van der Waals surface area (Å²) in [6, 6.07) is 13.1. The number of ether oxygens (including phenoxy) is 1. The highest BCUT2D eigenvalue weighted by Gasteiger charge is 2.26. The molecule has 0 fully saturated rings. The van der Waals surface area contributed by atoms with Crippen LogP contribution in [0, 0.1) is 17.0 Å². The van der Waals surface area contributed by atoms with E-state index in [0.717, 1.165) is 21.6 Å². The van der Waals surface area contributed by atoms with E-state index in [9.17, 15) is 19.7 Å². The smallest absolute Gasteiger partial charge is 0.348 e. The first-order valence-electron chi connectivity index (χ1n) is 9.61. The molecule has 4 aromatic rings. The third-order valence-corrected chi connectivity index (χ3v) is 6.90. The maximum absolute atomic E-state index is 12.9. The first kappa shape index (κ1) is 21.6. The molecule has 2 heterocycles. The van der Waals surface area contributed by atoms with Crippen LogP contribution in [-0.2, 0) is 4.74 Å². The SMILES string of the molecule is CCOC(=O)c1sc(NC(=O)c2cccc([N+](=O)[O-])c2)c(-c2nc3ccccc3s2)c1C. The standard InChI is InChI=1S/C22H17N3O5S2/c1-3-30-22(27)18-12(2)17(20-23-15-9-4-5-10-16(15)31-20)21(32-18)24-19(26)13-7-6-8-14(11-13)25(28)29/h4-11H,3H2,1-2H3,(H,24,26). The van der Waals surface area contributed by atoms with Crippen LogP contribution in [0.3, 0.4) is 0 Å². The van der Waals surface area contributed by atoms with Gasteiger partial charge in [0.1, 0.15) is 14.9 Å². The van der Waals surface area contributed by atoms with Gasteiger partial charge in [-0.25, -0.2) is 9.78 Å². The molecule has 1 amide bonds. The summed E-state index contributed by atoms with van der Waals surface area (Å²) < 4.78 is 6.14. The Bertz CT molecular complexity index is 1330. The van der Waals surface area contributed by atoms with E-state index in [-0.39, 0.29) is 17.9 Å². The van der Waals surface area contributed by atoms with Crippen molar-refractivity contribution in [2.75, 3.05) is 11.9 Å². The lowest BCUT2D eigenvalue weighted by molar-refractivity contribution is -0.384. The first-order valence-corrected chi connectivity index (χ1v) is 11.2. The number of benzene rings is 2. The molecule has 0 spiro atoms. The molecule has 0 radical (unpaired) electrons. The predicted octanol–water partition coefficient (Wildman–Crippen LogP) is 5.67. The number of nitro groups is 1. The van der Waals surface area contributed by atoms with Crippen LogP contribution in [0.1, 0.15) is 32.5 Å². The van der Waals surface area contributed by atoms with Crippen molar-refractivity contribution in [1.82, 2.24) is 4.98 Å². The third kappa shape index (κ3) is 4.10. The van der Waals surface area contributed by atoms with Crippen molar-refractivity contribution in [1.29, 1.82) is 0 Å². The normalized spacial score (nSPS) is 10.8. The second-order valence-electron chi connectivity index (χ2n) is 6.73. The van der Waals surface area contributed by atoms with Crippen LogP contribution in [0.4, 0.5) is 10.7 Å². The number of esters is 1. The number of nitrogens with zero attached hydrogens (tertiary/aromatic N) is 2. The predicted molar refractivity (Wildman–Crippen MR) is 125 cm³/mol. The number of hydrogen-bond acceptors (Lipinski definition) is 8. The number of para-hydroxylation sites is 1. The highest BCUT2D eigenvalue weighted by Crippen LogP contribution is 2.43. The Morgan fingerprint density at radius 2 is 1.94 bits per heavy atom. The minimum Gasteiger partial charge on any atom is -0.462 e. The lowest BCUT2D eigenvalue weighted by atomic mass is 10.1. The molecule has 0 atom stereocenters. The van der Waals surface area contributed by atoms with E-state index in [1.165, 1.54) is 35.6 Å². The van der Waals surface area contributed by atoms with Crippen LogP contribution in [0.2, 0.25) is 0 Å². The molecule has 0 bridgehead atoms.